The zero-order valence-electron chi connectivity index (χ0n) is 14.7. The molecule has 0 aliphatic carbocycles. The van der Waals surface area contributed by atoms with Crippen molar-refractivity contribution in [3.63, 3.8) is 0 Å². The topological polar surface area (TPSA) is 35.6 Å². The minimum absolute atomic E-state index is 0. The number of carbonyl (C=O) groups is 1. The van der Waals surface area contributed by atoms with Gasteiger partial charge in [-0.2, -0.15) is 0 Å². The third-order valence-electron chi connectivity index (χ3n) is 4.62. The molecule has 0 aromatic carbocycles. The summed E-state index contributed by atoms with van der Waals surface area (Å²) in [5.74, 6) is 2.16. The lowest BCUT2D eigenvalue weighted by Gasteiger charge is -2.36. The minimum Gasteiger partial charge on any atom is -0.341 e. The Kier molecular flexibility index (Phi) is 8.15. The molecule has 0 aromatic rings. The lowest BCUT2D eigenvalue weighted by molar-refractivity contribution is -0.134. The van der Waals surface area contributed by atoms with Crippen molar-refractivity contribution in [2.75, 3.05) is 39.3 Å². The van der Waals surface area contributed by atoms with E-state index in [9.17, 15) is 4.79 Å². The molecule has 2 atom stereocenters. The van der Waals surface area contributed by atoms with E-state index in [4.69, 9.17) is 0 Å². The van der Waals surface area contributed by atoms with E-state index in [0.29, 0.717) is 30.3 Å². The molecule has 1 N–H and O–H groups in total. The van der Waals surface area contributed by atoms with Crippen molar-refractivity contribution < 1.29 is 4.79 Å². The Morgan fingerprint density at radius 3 is 2.41 bits per heavy atom. The number of piperidine rings is 1. The number of fused-ring (bicyclic) bond motifs is 1. The summed E-state index contributed by atoms with van der Waals surface area (Å²) in [7, 11) is 0. The summed E-state index contributed by atoms with van der Waals surface area (Å²) in [5.41, 5.74) is 0. The molecule has 2 fully saturated rings. The Morgan fingerprint density at radius 2 is 1.82 bits per heavy atom. The van der Waals surface area contributed by atoms with Crippen molar-refractivity contribution in [3.8, 4) is 0 Å². The second kappa shape index (κ2) is 9.09. The molecule has 2 aliphatic heterocycles. The van der Waals surface area contributed by atoms with E-state index < -0.39 is 0 Å². The number of rotatable bonds is 6. The van der Waals surface area contributed by atoms with Crippen LogP contribution in [0.1, 0.15) is 40.5 Å². The van der Waals surface area contributed by atoms with Gasteiger partial charge in [-0.05, 0) is 37.1 Å². The molecule has 5 heteroatoms. The second-order valence-electron chi connectivity index (χ2n) is 7.72. The van der Waals surface area contributed by atoms with Crippen LogP contribution in [0.3, 0.4) is 0 Å². The number of hydrogen-bond donors (Lipinski definition) is 1. The van der Waals surface area contributed by atoms with E-state index in [1.165, 1.54) is 12.8 Å². The second-order valence-corrected chi connectivity index (χ2v) is 7.72. The van der Waals surface area contributed by atoms with Gasteiger partial charge in [0.25, 0.3) is 0 Å². The summed E-state index contributed by atoms with van der Waals surface area (Å²) in [6, 6.07) is 0.707. The molecule has 4 nitrogen and oxygen atoms in total. The van der Waals surface area contributed by atoms with Crippen LogP contribution in [0.15, 0.2) is 0 Å². The van der Waals surface area contributed by atoms with Gasteiger partial charge in [0.05, 0.1) is 6.54 Å². The first-order valence-corrected chi connectivity index (χ1v) is 8.69. The van der Waals surface area contributed by atoms with Gasteiger partial charge in [0.15, 0.2) is 0 Å². The van der Waals surface area contributed by atoms with Crippen LogP contribution in [0.25, 0.3) is 0 Å². The number of nitrogens with zero attached hydrogens (tertiary/aromatic N) is 2. The highest BCUT2D eigenvalue weighted by Crippen LogP contribution is 2.24. The molecular formula is C17H34ClN3O. The van der Waals surface area contributed by atoms with Crippen molar-refractivity contribution in [2.24, 2.45) is 17.8 Å². The first kappa shape index (κ1) is 19.7. The number of hydrogen-bond acceptors (Lipinski definition) is 3. The van der Waals surface area contributed by atoms with Crippen LogP contribution in [-0.2, 0) is 4.79 Å². The molecule has 0 saturated carbocycles. The van der Waals surface area contributed by atoms with E-state index in [0.717, 1.165) is 38.6 Å². The number of amides is 1. The smallest absolute Gasteiger partial charge is 0.236 e. The third-order valence-corrected chi connectivity index (χ3v) is 4.62. The normalized spacial score (nSPS) is 25.2. The Bertz CT molecular complexity index is 339. The third kappa shape index (κ3) is 5.71. The van der Waals surface area contributed by atoms with Crippen LogP contribution >= 0.6 is 12.4 Å². The summed E-state index contributed by atoms with van der Waals surface area (Å²) in [6.45, 7) is 14.5. The maximum Gasteiger partial charge on any atom is 0.236 e. The van der Waals surface area contributed by atoms with Gasteiger partial charge in [-0.3, -0.25) is 9.69 Å². The maximum atomic E-state index is 12.6. The summed E-state index contributed by atoms with van der Waals surface area (Å²) in [6.07, 6.45) is 2.48. The van der Waals surface area contributed by atoms with Crippen LogP contribution in [-0.4, -0.2) is 61.0 Å². The number of carbonyl (C=O) groups excluding carboxylic acids is 1. The summed E-state index contributed by atoms with van der Waals surface area (Å²) >= 11 is 0. The predicted octanol–water partition coefficient (Wildman–Crippen LogP) is 2.23. The number of likely N-dealkylation sites (tertiary alicyclic amines) is 1. The highest BCUT2D eigenvalue weighted by atomic mass is 35.5. The lowest BCUT2D eigenvalue weighted by atomic mass is 9.93. The molecule has 0 radical (unpaired) electrons. The van der Waals surface area contributed by atoms with Crippen molar-refractivity contribution in [1.82, 2.24) is 15.1 Å². The summed E-state index contributed by atoms with van der Waals surface area (Å²) < 4.78 is 0. The van der Waals surface area contributed by atoms with Crippen molar-refractivity contribution in [2.45, 2.75) is 46.6 Å². The molecule has 2 rings (SSSR count). The zero-order valence-corrected chi connectivity index (χ0v) is 15.5. The average molecular weight is 332 g/mol. The van der Waals surface area contributed by atoms with E-state index in [2.05, 4.69) is 42.8 Å². The van der Waals surface area contributed by atoms with E-state index in [1.807, 2.05) is 0 Å². The molecule has 130 valence electrons. The fourth-order valence-corrected chi connectivity index (χ4v) is 3.72. The lowest BCUT2D eigenvalue weighted by Crippen LogP contribution is -2.49. The van der Waals surface area contributed by atoms with Gasteiger partial charge in [0.1, 0.15) is 0 Å². The molecule has 1 amide bonds. The Hall–Kier alpha value is -0.320. The van der Waals surface area contributed by atoms with Gasteiger partial charge in [-0.25, -0.2) is 0 Å². The maximum absolute atomic E-state index is 12.6. The summed E-state index contributed by atoms with van der Waals surface area (Å²) in [5, 5.41) is 3.59. The first-order valence-electron chi connectivity index (χ1n) is 8.69. The number of halogens is 1. The molecule has 0 aromatic heterocycles. The Labute approximate surface area is 142 Å². The standard InChI is InChI=1S/C17H33N3O.ClH/c1-13(2)9-20(10-14(3)4)17(21)12-19-8-6-16-15(11-19)5-7-18-16;/h13-16,18H,5-12H2,1-4H3;1H. The summed E-state index contributed by atoms with van der Waals surface area (Å²) in [4.78, 5) is 17.1. The SMILES string of the molecule is CC(C)CN(CC(C)C)C(=O)CN1CCC2NCCC2C1.Cl. The van der Waals surface area contributed by atoms with Crippen LogP contribution in [0, 0.1) is 17.8 Å². The fourth-order valence-electron chi connectivity index (χ4n) is 3.72. The van der Waals surface area contributed by atoms with Gasteiger partial charge in [0.2, 0.25) is 5.91 Å². The molecule has 2 aliphatic rings. The largest absolute Gasteiger partial charge is 0.341 e. The molecular weight excluding hydrogens is 298 g/mol. The van der Waals surface area contributed by atoms with Gasteiger partial charge in [-0.15, -0.1) is 12.4 Å². The van der Waals surface area contributed by atoms with E-state index in [1.54, 1.807) is 0 Å². The molecule has 22 heavy (non-hydrogen) atoms. The molecule has 2 saturated heterocycles. The van der Waals surface area contributed by atoms with Gasteiger partial charge in [-0.1, -0.05) is 27.7 Å². The van der Waals surface area contributed by atoms with Gasteiger partial charge >= 0.3 is 0 Å². The Balaban J connectivity index is 0.00000242. The zero-order chi connectivity index (χ0) is 15.4. The molecule has 2 unspecified atom stereocenters. The predicted molar refractivity (Wildman–Crippen MR) is 94.5 cm³/mol. The first-order chi connectivity index (χ1) is 9.95. The van der Waals surface area contributed by atoms with Crippen LogP contribution in [0.5, 0.6) is 0 Å². The monoisotopic (exact) mass is 331 g/mol. The Morgan fingerprint density at radius 1 is 1.18 bits per heavy atom. The van der Waals surface area contributed by atoms with E-state index in [-0.39, 0.29) is 12.4 Å². The molecule has 0 spiro atoms. The van der Waals surface area contributed by atoms with Crippen LogP contribution in [0.4, 0.5) is 0 Å². The molecule has 2 heterocycles. The quantitative estimate of drug-likeness (QED) is 0.810. The van der Waals surface area contributed by atoms with Gasteiger partial charge in [0, 0.05) is 32.2 Å². The minimum atomic E-state index is 0. The van der Waals surface area contributed by atoms with Crippen molar-refractivity contribution in [1.29, 1.82) is 0 Å². The number of nitrogens with one attached hydrogen (secondary N) is 1. The average Bonchev–Trinajstić information content (AvgIpc) is 2.84. The van der Waals surface area contributed by atoms with Crippen molar-refractivity contribution in [3.05, 3.63) is 0 Å². The highest BCUT2D eigenvalue weighted by Gasteiger charge is 2.33. The van der Waals surface area contributed by atoms with Gasteiger partial charge < -0.3 is 10.2 Å². The van der Waals surface area contributed by atoms with Crippen LogP contribution in [0.2, 0.25) is 0 Å². The molecule has 0 bridgehead atoms. The van der Waals surface area contributed by atoms with Crippen LogP contribution < -0.4 is 5.32 Å². The van der Waals surface area contributed by atoms with E-state index >= 15 is 0 Å². The fraction of sp³-hybridized carbons (Fsp3) is 0.941. The van der Waals surface area contributed by atoms with Crippen molar-refractivity contribution >= 4 is 18.3 Å². The highest BCUT2D eigenvalue weighted by molar-refractivity contribution is 5.85.